The number of carbonyl (C=O) groups excluding carboxylic acids is 1. The highest BCUT2D eigenvalue weighted by molar-refractivity contribution is 5.96. The molecule has 0 atom stereocenters. The fraction of sp³-hybridized carbons (Fsp3) is 0.0769. The van der Waals surface area contributed by atoms with Crippen LogP contribution in [0.2, 0.25) is 0 Å². The van der Waals surface area contributed by atoms with Gasteiger partial charge in [0.15, 0.2) is 5.69 Å². The number of carbonyl (C=O) groups is 1. The highest BCUT2D eigenvalue weighted by atomic mass is 16.1. The number of hydrogen-bond acceptors (Lipinski definition) is 4. The van der Waals surface area contributed by atoms with Gasteiger partial charge >= 0.3 is 0 Å². The molecule has 0 spiro atoms. The zero-order chi connectivity index (χ0) is 13.9. The fourth-order valence-electron chi connectivity index (χ4n) is 1.95. The topological polar surface area (TPSA) is 102 Å². The van der Waals surface area contributed by atoms with Crippen LogP contribution in [0.15, 0.2) is 42.7 Å². The summed E-state index contributed by atoms with van der Waals surface area (Å²) in [7, 11) is 0. The number of aromatic amines is 1. The van der Waals surface area contributed by atoms with Gasteiger partial charge in [0.2, 0.25) is 0 Å². The van der Waals surface area contributed by atoms with Crippen LogP contribution in [-0.4, -0.2) is 31.1 Å². The molecule has 0 bridgehead atoms. The van der Waals surface area contributed by atoms with E-state index in [9.17, 15) is 4.79 Å². The van der Waals surface area contributed by atoms with Crippen LogP contribution in [0.1, 0.15) is 16.1 Å². The second kappa shape index (κ2) is 4.96. The Morgan fingerprint density at radius 2 is 2.05 bits per heavy atom. The first kappa shape index (κ1) is 12.1. The number of nitrogens with two attached hydrogens (primary N) is 1. The van der Waals surface area contributed by atoms with E-state index in [1.165, 1.54) is 0 Å². The van der Waals surface area contributed by atoms with Crippen LogP contribution in [0.5, 0.6) is 0 Å². The van der Waals surface area contributed by atoms with Crippen molar-refractivity contribution in [1.29, 1.82) is 0 Å². The summed E-state index contributed by atoms with van der Waals surface area (Å²) in [6, 6.07) is 9.54. The normalized spacial score (nSPS) is 10.6. The van der Waals surface area contributed by atoms with Crippen molar-refractivity contribution in [2.75, 3.05) is 0 Å². The van der Waals surface area contributed by atoms with Gasteiger partial charge in [-0.1, -0.05) is 24.3 Å². The molecule has 100 valence electrons. The van der Waals surface area contributed by atoms with Gasteiger partial charge < -0.3 is 5.73 Å². The van der Waals surface area contributed by atoms with Crippen LogP contribution in [0.25, 0.3) is 11.3 Å². The maximum absolute atomic E-state index is 11.2. The van der Waals surface area contributed by atoms with Crippen molar-refractivity contribution in [3.05, 3.63) is 54.0 Å². The zero-order valence-corrected chi connectivity index (χ0v) is 10.5. The Labute approximate surface area is 114 Å². The third-order valence-corrected chi connectivity index (χ3v) is 2.91. The van der Waals surface area contributed by atoms with Gasteiger partial charge in [-0.3, -0.25) is 9.48 Å². The maximum atomic E-state index is 11.2. The molecule has 2 heterocycles. The second-order valence-corrected chi connectivity index (χ2v) is 4.29. The van der Waals surface area contributed by atoms with Crippen molar-refractivity contribution in [3.8, 4) is 11.3 Å². The minimum atomic E-state index is -0.602. The average Bonchev–Trinajstić information content (AvgIpc) is 3.10. The van der Waals surface area contributed by atoms with E-state index in [2.05, 4.69) is 20.5 Å². The van der Waals surface area contributed by atoms with E-state index in [1.807, 2.05) is 41.2 Å². The molecule has 1 aromatic carbocycles. The number of H-pyrrole nitrogens is 1. The van der Waals surface area contributed by atoms with E-state index in [-0.39, 0.29) is 5.69 Å². The van der Waals surface area contributed by atoms with E-state index in [1.54, 1.807) is 6.20 Å². The number of amides is 1. The number of aromatic nitrogens is 5. The van der Waals surface area contributed by atoms with E-state index < -0.39 is 5.91 Å². The molecule has 0 aliphatic carbocycles. The first-order valence-corrected chi connectivity index (χ1v) is 6.01. The fourth-order valence-corrected chi connectivity index (χ4v) is 1.95. The second-order valence-electron chi connectivity index (χ2n) is 4.29. The van der Waals surface area contributed by atoms with Crippen molar-refractivity contribution in [3.63, 3.8) is 0 Å². The predicted molar refractivity (Wildman–Crippen MR) is 71.7 cm³/mol. The Balaban J connectivity index is 1.86. The molecule has 0 aliphatic heterocycles. The first-order chi connectivity index (χ1) is 9.74. The van der Waals surface area contributed by atoms with Crippen LogP contribution in [-0.2, 0) is 6.54 Å². The Morgan fingerprint density at radius 1 is 1.25 bits per heavy atom. The maximum Gasteiger partial charge on any atom is 0.271 e. The van der Waals surface area contributed by atoms with Crippen molar-refractivity contribution in [2.24, 2.45) is 5.73 Å². The largest absolute Gasteiger partial charge is 0.364 e. The molecule has 2 aromatic heterocycles. The quantitative estimate of drug-likeness (QED) is 0.731. The van der Waals surface area contributed by atoms with Crippen LogP contribution >= 0.6 is 0 Å². The molecule has 7 nitrogen and oxygen atoms in total. The van der Waals surface area contributed by atoms with Crippen LogP contribution in [0, 0.1) is 0 Å². The predicted octanol–water partition coefficient (Wildman–Crippen LogP) is 0.815. The monoisotopic (exact) mass is 268 g/mol. The molecular weight excluding hydrogens is 256 g/mol. The van der Waals surface area contributed by atoms with Crippen LogP contribution < -0.4 is 5.73 Å². The molecule has 7 heteroatoms. The van der Waals surface area contributed by atoms with E-state index in [0.29, 0.717) is 12.2 Å². The summed E-state index contributed by atoms with van der Waals surface area (Å²) < 4.78 is 1.83. The molecule has 3 rings (SSSR count). The number of nitrogens with one attached hydrogen (secondary N) is 1. The summed E-state index contributed by atoms with van der Waals surface area (Å²) in [6.45, 7) is 0.689. The van der Waals surface area contributed by atoms with E-state index >= 15 is 0 Å². The molecule has 1 amide bonds. The number of rotatable bonds is 4. The lowest BCUT2D eigenvalue weighted by molar-refractivity contribution is 0.0996. The molecule has 3 N–H and O–H groups in total. The smallest absolute Gasteiger partial charge is 0.271 e. The summed E-state index contributed by atoms with van der Waals surface area (Å²) in [4.78, 5) is 11.2. The highest BCUT2D eigenvalue weighted by Gasteiger charge is 2.14. The number of hydrogen-bond donors (Lipinski definition) is 2. The summed E-state index contributed by atoms with van der Waals surface area (Å²) in [5.74, 6) is -0.602. The van der Waals surface area contributed by atoms with Crippen molar-refractivity contribution < 1.29 is 4.79 Å². The molecule has 0 fully saturated rings. The third-order valence-electron chi connectivity index (χ3n) is 2.91. The lowest BCUT2D eigenvalue weighted by atomic mass is 10.1. The van der Waals surface area contributed by atoms with Crippen molar-refractivity contribution >= 4 is 5.91 Å². The number of primary amides is 1. The Bertz CT molecular complexity index is 714. The summed E-state index contributed by atoms with van der Waals surface area (Å²) in [5.41, 5.74) is 7.74. The molecular formula is C13H12N6O. The minimum Gasteiger partial charge on any atom is -0.364 e. The lowest BCUT2D eigenvalue weighted by Gasteiger charge is -2.03. The molecule has 0 saturated carbocycles. The van der Waals surface area contributed by atoms with Crippen molar-refractivity contribution in [1.82, 2.24) is 25.2 Å². The SMILES string of the molecule is NC(=O)c1n[nH]nc1-c1ccc(Cn2cccn2)cc1. The molecule has 0 unspecified atom stereocenters. The highest BCUT2D eigenvalue weighted by Crippen LogP contribution is 2.20. The van der Waals surface area contributed by atoms with Gasteiger partial charge in [-0.2, -0.15) is 20.5 Å². The van der Waals surface area contributed by atoms with E-state index in [0.717, 1.165) is 11.1 Å². The van der Waals surface area contributed by atoms with Gasteiger partial charge in [0.1, 0.15) is 5.69 Å². The van der Waals surface area contributed by atoms with Gasteiger partial charge in [0.25, 0.3) is 5.91 Å². The zero-order valence-electron chi connectivity index (χ0n) is 10.5. The molecule has 0 radical (unpaired) electrons. The van der Waals surface area contributed by atoms with Gasteiger partial charge in [-0.15, -0.1) is 0 Å². The Hall–Kier alpha value is -2.96. The first-order valence-electron chi connectivity index (χ1n) is 6.01. The molecule has 0 saturated heterocycles. The van der Waals surface area contributed by atoms with E-state index in [4.69, 9.17) is 5.73 Å². The van der Waals surface area contributed by atoms with Crippen LogP contribution in [0.3, 0.4) is 0 Å². The minimum absolute atomic E-state index is 0.143. The van der Waals surface area contributed by atoms with Crippen LogP contribution in [0.4, 0.5) is 0 Å². The summed E-state index contributed by atoms with van der Waals surface area (Å²) in [5, 5.41) is 14.3. The van der Waals surface area contributed by atoms with Gasteiger partial charge in [0, 0.05) is 18.0 Å². The van der Waals surface area contributed by atoms with Gasteiger partial charge in [-0.05, 0) is 11.6 Å². The summed E-state index contributed by atoms with van der Waals surface area (Å²) in [6.07, 6.45) is 3.64. The Kier molecular flexibility index (Phi) is 3.00. The molecule has 20 heavy (non-hydrogen) atoms. The lowest BCUT2D eigenvalue weighted by Crippen LogP contribution is -2.12. The average molecular weight is 268 g/mol. The summed E-state index contributed by atoms with van der Waals surface area (Å²) >= 11 is 0. The van der Waals surface area contributed by atoms with Gasteiger partial charge in [-0.25, -0.2) is 0 Å². The van der Waals surface area contributed by atoms with Crippen molar-refractivity contribution in [2.45, 2.75) is 6.54 Å². The van der Waals surface area contributed by atoms with Gasteiger partial charge in [0.05, 0.1) is 6.54 Å². The standard InChI is InChI=1S/C13H12N6O/c14-13(20)12-11(16-18-17-12)10-4-2-9(3-5-10)8-19-7-1-6-15-19/h1-7H,8H2,(H2,14,20)(H,16,17,18). The molecule has 0 aliphatic rings. The number of nitrogens with zero attached hydrogens (tertiary/aromatic N) is 4. The Morgan fingerprint density at radius 3 is 2.70 bits per heavy atom. The molecule has 3 aromatic rings. The number of benzene rings is 1. The third kappa shape index (κ3) is 2.28.